The zero-order valence-corrected chi connectivity index (χ0v) is 19.1. The summed E-state index contributed by atoms with van der Waals surface area (Å²) in [5.41, 5.74) is 2.89. The molecule has 0 bridgehead atoms. The van der Waals surface area contributed by atoms with Gasteiger partial charge in [0, 0.05) is 0 Å². The molecular formula is C27H30O4S. The molecule has 5 heteroatoms. The first-order valence-corrected chi connectivity index (χ1v) is 11.5. The summed E-state index contributed by atoms with van der Waals surface area (Å²) < 4.78 is 25.2. The average molecular weight is 451 g/mol. The van der Waals surface area contributed by atoms with Crippen LogP contribution in [0.4, 0.5) is 0 Å². The van der Waals surface area contributed by atoms with Crippen LogP contribution in [-0.4, -0.2) is 29.9 Å². The van der Waals surface area contributed by atoms with E-state index in [0.717, 1.165) is 16.7 Å². The van der Waals surface area contributed by atoms with E-state index in [4.69, 9.17) is 31.6 Å². The standard InChI is InChI=1S/C27H30O4S/c1-20-24(28-17-21-11-5-2-6-12-21)25(29-18-22-13-7-3-8-14-22)26(27(32)31-20)30-19-23-15-9-4-10-16-23/h2-16,20,24-27,32H,17-19H2,1H3/t20-,24+,25+,26-,27?/m0/s1. The zero-order chi connectivity index (χ0) is 22.2. The first-order valence-electron chi connectivity index (χ1n) is 11.0. The average Bonchev–Trinajstić information content (AvgIpc) is 2.83. The highest BCUT2D eigenvalue weighted by Crippen LogP contribution is 2.31. The molecule has 0 N–H and O–H groups in total. The van der Waals surface area contributed by atoms with Crippen molar-refractivity contribution in [3.63, 3.8) is 0 Å². The van der Waals surface area contributed by atoms with Crippen LogP contribution in [0.5, 0.6) is 0 Å². The number of ether oxygens (including phenoxy) is 4. The van der Waals surface area contributed by atoms with Gasteiger partial charge in [-0.2, -0.15) is 0 Å². The minimum atomic E-state index is -0.411. The minimum Gasteiger partial charge on any atom is -0.368 e. The monoisotopic (exact) mass is 450 g/mol. The van der Waals surface area contributed by atoms with Crippen molar-refractivity contribution in [2.24, 2.45) is 0 Å². The SMILES string of the molecule is C[C@@H]1OC(S)[C@@H](OCc2ccccc2)[C@H](OCc2ccccc2)[C@@H]1OCc1ccccc1. The lowest BCUT2D eigenvalue weighted by atomic mass is 9.99. The number of rotatable bonds is 9. The van der Waals surface area contributed by atoms with E-state index in [0.29, 0.717) is 19.8 Å². The molecule has 1 aliphatic rings. The maximum atomic E-state index is 6.43. The van der Waals surface area contributed by atoms with Crippen LogP contribution in [0, 0.1) is 0 Å². The van der Waals surface area contributed by atoms with E-state index < -0.39 is 5.44 Å². The topological polar surface area (TPSA) is 36.9 Å². The summed E-state index contributed by atoms with van der Waals surface area (Å²) in [4.78, 5) is 0. The van der Waals surface area contributed by atoms with E-state index in [1.54, 1.807) is 0 Å². The fraction of sp³-hybridized carbons (Fsp3) is 0.333. The molecule has 32 heavy (non-hydrogen) atoms. The highest BCUT2D eigenvalue weighted by Gasteiger charge is 2.45. The zero-order valence-electron chi connectivity index (χ0n) is 18.2. The highest BCUT2D eigenvalue weighted by atomic mass is 32.1. The van der Waals surface area contributed by atoms with Crippen molar-refractivity contribution in [3.8, 4) is 0 Å². The molecule has 3 aromatic rings. The lowest BCUT2D eigenvalue weighted by molar-refractivity contribution is -0.242. The van der Waals surface area contributed by atoms with Crippen LogP contribution in [0.25, 0.3) is 0 Å². The summed E-state index contributed by atoms with van der Waals surface area (Å²) >= 11 is 4.70. The third kappa shape index (κ3) is 6.21. The molecule has 1 saturated heterocycles. The molecule has 1 unspecified atom stereocenters. The largest absolute Gasteiger partial charge is 0.368 e. The Balaban J connectivity index is 1.50. The predicted molar refractivity (Wildman–Crippen MR) is 128 cm³/mol. The van der Waals surface area contributed by atoms with E-state index >= 15 is 0 Å². The Hall–Kier alpha value is -2.15. The maximum Gasteiger partial charge on any atom is 0.129 e. The van der Waals surface area contributed by atoms with Gasteiger partial charge in [-0.1, -0.05) is 91.0 Å². The van der Waals surface area contributed by atoms with Crippen LogP contribution in [-0.2, 0) is 38.8 Å². The summed E-state index contributed by atoms with van der Waals surface area (Å²) in [6, 6.07) is 30.4. The number of thiol groups is 1. The van der Waals surface area contributed by atoms with Crippen LogP contribution >= 0.6 is 12.6 Å². The summed E-state index contributed by atoms with van der Waals surface area (Å²) in [6.45, 7) is 3.41. The molecule has 0 spiro atoms. The van der Waals surface area contributed by atoms with Crippen molar-refractivity contribution in [3.05, 3.63) is 108 Å². The van der Waals surface area contributed by atoms with Crippen molar-refractivity contribution in [2.75, 3.05) is 0 Å². The van der Waals surface area contributed by atoms with E-state index in [-0.39, 0.29) is 24.4 Å². The molecule has 0 saturated carbocycles. The van der Waals surface area contributed by atoms with Gasteiger partial charge in [0.1, 0.15) is 23.7 Å². The summed E-state index contributed by atoms with van der Waals surface area (Å²) in [6.07, 6.45) is -1.17. The van der Waals surface area contributed by atoms with Crippen molar-refractivity contribution in [1.29, 1.82) is 0 Å². The molecule has 1 aliphatic heterocycles. The second kappa shape index (κ2) is 11.6. The Kier molecular flexibility index (Phi) is 8.37. The molecule has 1 fully saturated rings. The molecule has 4 nitrogen and oxygen atoms in total. The fourth-order valence-corrected chi connectivity index (χ4v) is 4.34. The van der Waals surface area contributed by atoms with E-state index in [9.17, 15) is 0 Å². The molecule has 0 aliphatic carbocycles. The highest BCUT2D eigenvalue weighted by molar-refractivity contribution is 7.80. The van der Waals surface area contributed by atoms with E-state index in [2.05, 4.69) is 24.3 Å². The summed E-state index contributed by atoms with van der Waals surface area (Å²) in [7, 11) is 0. The molecule has 0 aromatic heterocycles. The Morgan fingerprint density at radius 3 is 1.41 bits per heavy atom. The van der Waals surface area contributed by atoms with Gasteiger partial charge >= 0.3 is 0 Å². The van der Waals surface area contributed by atoms with Gasteiger partial charge in [0.2, 0.25) is 0 Å². The van der Waals surface area contributed by atoms with Crippen LogP contribution in [0.2, 0.25) is 0 Å². The van der Waals surface area contributed by atoms with Crippen molar-refractivity contribution >= 4 is 12.6 Å². The van der Waals surface area contributed by atoms with Gasteiger partial charge in [-0.05, 0) is 23.6 Å². The molecule has 168 valence electrons. The normalized spacial score (nSPS) is 25.5. The molecular weight excluding hydrogens is 420 g/mol. The van der Waals surface area contributed by atoms with Crippen LogP contribution in [0.1, 0.15) is 23.6 Å². The lowest BCUT2D eigenvalue weighted by Crippen LogP contribution is -2.57. The second-order valence-electron chi connectivity index (χ2n) is 8.02. The van der Waals surface area contributed by atoms with Crippen molar-refractivity contribution in [2.45, 2.75) is 56.6 Å². The van der Waals surface area contributed by atoms with Gasteiger partial charge in [-0.15, -0.1) is 12.6 Å². The van der Waals surface area contributed by atoms with Crippen molar-refractivity contribution in [1.82, 2.24) is 0 Å². The summed E-state index contributed by atoms with van der Waals surface area (Å²) in [5, 5.41) is 0. The molecule has 0 amide bonds. The van der Waals surface area contributed by atoms with Gasteiger partial charge in [-0.3, -0.25) is 0 Å². The van der Waals surface area contributed by atoms with Crippen LogP contribution < -0.4 is 0 Å². The van der Waals surface area contributed by atoms with Gasteiger partial charge in [-0.25, -0.2) is 0 Å². The lowest BCUT2D eigenvalue weighted by Gasteiger charge is -2.44. The fourth-order valence-electron chi connectivity index (χ4n) is 3.89. The van der Waals surface area contributed by atoms with E-state index in [1.807, 2.05) is 73.7 Å². The summed E-state index contributed by atoms with van der Waals surface area (Å²) in [5.74, 6) is 0. The first kappa shape index (κ1) is 23.0. The van der Waals surface area contributed by atoms with Crippen LogP contribution in [0.15, 0.2) is 91.0 Å². The number of hydrogen-bond acceptors (Lipinski definition) is 5. The minimum absolute atomic E-state index is 0.182. The molecule has 1 heterocycles. The Morgan fingerprint density at radius 1 is 0.594 bits per heavy atom. The number of benzene rings is 3. The van der Waals surface area contributed by atoms with Gasteiger partial charge in [0.05, 0.1) is 25.9 Å². The molecule has 4 rings (SSSR count). The van der Waals surface area contributed by atoms with Crippen LogP contribution in [0.3, 0.4) is 0 Å². The quantitative estimate of drug-likeness (QED) is 0.442. The number of hydrogen-bond donors (Lipinski definition) is 1. The Morgan fingerprint density at radius 2 is 0.969 bits per heavy atom. The molecule has 3 aromatic carbocycles. The van der Waals surface area contributed by atoms with Gasteiger partial charge in [0.25, 0.3) is 0 Å². The van der Waals surface area contributed by atoms with Gasteiger partial charge in [0.15, 0.2) is 0 Å². The third-order valence-corrected chi connectivity index (χ3v) is 6.02. The molecule has 5 atom stereocenters. The van der Waals surface area contributed by atoms with Gasteiger partial charge < -0.3 is 18.9 Å². The second-order valence-corrected chi connectivity index (χ2v) is 8.52. The third-order valence-electron chi connectivity index (χ3n) is 5.60. The maximum absolute atomic E-state index is 6.43. The van der Waals surface area contributed by atoms with Crippen molar-refractivity contribution < 1.29 is 18.9 Å². The van der Waals surface area contributed by atoms with E-state index in [1.165, 1.54) is 0 Å². The predicted octanol–water partition coefficient (Wildman–Crippen LogP) is 5.42. The Labute approximate surface area is 195 Å². The first-order chi connectivity index (χ1) is 15.7. The molecule has 0 radical (unpaired) electrons. The smallest absolute Gasteiger partial charge is 0.129 e. The Bertz CT molecular complexity index is 867.